The summed E-state index contributed by atoms with van der Waals surface area (Å²) in [6.07, 6.45) is -0.608. The molecule has 0 bridgehead atoms. The van der Waals surface area contributed by atoms with Crippen LogP contribution in [0.15, 0.2) is 97.1 Å². The molecule has 0 saturated carbocycles. The average Bonchev–Trinajstić information content (AvgIpc) is 2.91. The first-order chi connectivity index (χ1) is 18.2. The van der Waals surface area contributed by atoms with Crippen LogP contribution in [0.4, 0.5) is 11.4 Å². The number of para-hydroxylation sites is 2. The quantitative estimate of drug-likeness (QED) is 0.156. The predicted octanol–water partition coefficient (Wildman–Crippen LogP) is -0.446. The fraction of sp³-hybridized carbons (Fsp3) is 0.0667. The number of hydrogen-bond donors (Lipinski definition) is 2. The van der Waals surface area contributed by atoms with Crippen molar-refractivity contribution >= 4 is 72.6 Å². The Labute approximate surface area is 266 Å². The van der Waals surface area contributed by atoms with Gasteiger partial charge in [0.1, 0.15) is 0 Å². The van der Waals surface area contributed by atoms with Gasteiger partial charge in [-0.05, 0) is 23.3 Å². The monoisotopic (exact) mass is 584 g/mol. The molecule has 0 unspecified atom stereocenters. The van der Waals surface area contributed by atoms with E-state index in [-0.39, 0.29) is 84.5 Å². The number of carbonyl (C=O) groups is 4. The zero-order valence-corrected chi connectivity index (χ0v) is 24.2. The predicted molar refractivity (Wildman–Crippen MR) is 152 cm³/mol. The largest absolute Gasteiger partial charge is 2.00 e. The van der Waals surface area contributed by atoms with Gasteiger partial charge in [-0.25, -0.2) is 0 Å². The normalized spacial score (nSPS) is 9.37. The van der Waals surface area contributed by atoms with Gasteiger partial charge in [0.15, 0.2) is 11.6 Å². The first-order valence-electron chi connectivity index (χ1n) is 11.5. The van der Waals surface area contributed by atoms with Gasteiger partial charge < -0.3 is 42.2 Å². The number of carbonyl (C=O) groups excluding carboxylic acids is 4. The molecule has 0 atom stereocenters. The van der Waals surface area contributed by atoms with E-state index in [1.54, 1.807) is 84.9 Å². The Morgan fingerprint density at radius 2 is 0.829 bits per heavy atom. The molecule has 11 heteroatoms. The number of nitrogen functional groups attached to an aromatic ring is 2. The molecular formula is C30H28CaN2O8. The molecule has 0 amide bonds. The van der Waals surface area contributed by atoms with Crippen LogP contribution in [0.25, 0.3) is 0 Å². The summed E-state index contributed by atoms with van der Waals surface area (Å²) >= 11 is 0. The van der Waals surface area contributed by atoms with Gasteiger partial charge in [-0.2, -0.15) is 0 Å². The Morgan fingerprint density at radius 1 is 0.512 bits per heavy atom. The van der Waals surface area contributed by atoms with Crippen molar-refractivity contribution in [2.45, 2.75) is 12.8 Å². The molecule has 0 fully saturated rings. The Kier molecular flexibility index (Phi) is 15.9. The van der Waals surface area contributed by atoms with E-state index < -0.39 is 11.9 Å². The van der Waals surface area contributed by atoms with Crippen LogP contribution in [0.5, 0.6) is 0 Å². The van der Waals surface area contributed by atoms with Gasteiger partial charge in [-0.3, -0.25) is 9.59 Å². The number of hydrogen-bond acceptors (Lipinski definition) is 8. The van der Waals surface area contributed by atoms with Crippen LogP contribution in [0.2, 0.25) is 0 Å². The molecule has 0 aliphatic carbocycles. The van der Waals surface area contributed by atoms with Gasteiger partial charge in [0.25, 0.3) is 0 Å². The maximum atomic E-state index is 12.3. The van der Waals surface area contributed by atoms with Crippen LogP contribution in [-0.4, -0.2) is 72.2 Å². The van der Waals surface area contributed by atoms with Crippen LogP contribution >= 0.6 is 0 Å². The Morgan fingerprint density at radius 3 is 1.12 bits per heavy atom. The fourth-order valence-electron chi connectivity index (χ4n) is 3.73. The van der Waals surface area contributed by atoms with Crippen molar-refractivity contribution in [3.8, 4) is 0 Å². The van der Waals surface area contributed by atoms with E-state index in [9.17, 15) is 29.4 Å². The van der Waals surface area contributed by atoms with Crippen molar-refractivity contribution in [3.63, 3.8) is 0 Å². The van der Waals surface area contributed by atoms with Gasteiger partial charge in [0.05, 0.1) is 0 Å². The van der Waals surface area contributed by atoms with Crippen molar-refractivity contribution in [2.75, 3.05) is 11.5 Å². The second-order valence-electron chi connectivity index (χ2n) is 8.24. The van der Waals surface area contributed by atoms with Crippen molar-refractivity contribution < 1.29 is 40.3 Å². The summed E-state index contributed by atoms with van der Waals surface area (Å²) in [6, 6.07) is 27.0. The smallest absolute Gasteiger partial charge is 0.550 e. The summed E-state index contributed by atoms with van der Waals surface area (Å²) in [4.78, 5) is 45.8. The Hall–Kier alpha value is -4.06. The third-order valence-corrected chi connectivity index (χ3v) is 5.62. The molecule has 0 aromatic heterocycles. The molecule has 208 valence electrons. The zero-order valence-electron chi connectivity index (χ0n) is 22.0. The minimum absolute atomic E-state index is 0. The number of anilines is 2. The molecule has 0 aliphatic rings. The molecule has 4 aromatic carbocycles. The number of aliphatic carboxylic acids is 2. The zero-order chi connectivity index (χ0) is 27.7. The first kappa shape index (κ1) is 36.9. The van der Waals surface area contributed by atoms with Crippen LogP contribution in [0.3, 0.4) is 0 Å². The molecule has 41 heavy (non-hydrogen) atoms. The van der Waals surface area contributed by atoms with E-state index in [1.165, 1.54) is 0 Å². The third kappa shape index (κ3) is 10.1. The number of nitrogens with two attached hydrogens (primary N) is 2. The molecule has 0 heterocycles. The van der Waals surface area contributed by atoms with E-state index in [2.05, 4.69) is 0 Å². The number of carboxylic acids is 2. The SMILES string of the molecule is Nc1c(CC(=O)[O-])cccc1C(=O)c1ccccc1.Nc1c(CC(=O)[O-])cccc1C(=O)c1ccccc1.O.O.[Ca+2]. The van der Waals surface area contributed by atoms with Gasteiger partial charge in [0, 0.05) is 58.4 Å². The van der Waals surface area contributed by atoms with E-state index in [4.69, 9.17) is 11.5 Å². The van der Waals surface area contributed by atoms with Crippen molar-refractivity contribution in [2.24, 2.45) is 0 Å². The Bertz CT molecular complexity index is 1370. The number of rotatable bonds is 8. The number of benzene rings is 4. The molecule has 4 rings (SSSR count). The summed E-state index contributed by atoms with van der Waals surface area (Å²) in [5.41, 5.74) is 14.5. The van der Waals surface area contributed by atoms with E-state index in [0.29, 0.717) is 33.4 Å². The second-order valence-corrected chi connectivity index (χ2v) is 8.24. The first-order valence-corrected chi connectivity index (χ1v) is 11.5. The van der Waals surface area contributed by atoms with E-state index >= 15 is 0 Å². The summed E-state index contributed by atoms with van der Waals surface area (Å²) in [7, 11) is 0. The molecule has 0 radical (unpaired) electrons. The molecular weight excluding hydrogens is 556 g/mol. The van der Waals surface area contributed by atoms with Crippen molar-refractivity contribution in [3.05, 3.63) is 130 Å². The average molecular weight is 585 g/mol. The molecule has 0 saturated heterocycles. The maximum Gasteiger partial charge on any atom is 2.00 e. The summed E-state index contributed by atoms with van der Waals surface area (Å²) in [5.74, 6) is -2.90. The van der Waals surface area contributed by atoms with E-state index in [0.717, 1.165) is 0 Å². The molecule has 10 nitrogen and oxygen atoms in total. The third-order valence-electron chi connectivity index (χ3n) is 5.62. The van der Waals surface area contributed by atoms with Crippen LogP contribution in [-0.2, 0) is 22.4 Å². The molecule has 8 N–H and O–H groups in total. The second kappa shape index (κ2) is 17.6. The van der Waals surface area contributed by atoms with Gasteiger partial charge in [-0.15, -0.1) is 0 Å². The molecule has 0 aliphatic heterocycles. The van der Waals surface area contributed by atoms with Gasteiger partial charge >= 0.3 is 37.7 Å². The van der Waals surface area contributed by atoms with Gasteiger partial charge in [0.2, 0.25) is 0 Å². The Balaban J connectivity index is 0.000000727. The van der Waals surface area contributed by atoms with Crippen LogP contribution in [0, 0.1) is 0 Å². The minimum atomic E-state index is -1.23. The van der Waals surface area contributed by atoms with Crippen LogP contribution in [0.1, 0.15) is 43.0 Å². The van der Waals surface area contributed by atoms with E-state index in [1.807, 2.05) is 12.1 Å². The fourth-order valence-corrected chi connectivity index (χ4v) is 3.73. The van der Waals surface area contributed by atoms with Crippen molar-refractivity contribution in [1.29, 1.82) is 0 Å². The summed E-state index contributed by atoms with van der Waals surface area (Å²) in [6.45, 7) is 0. The molecule has 4 aromatic rings. The summed E-state index contributed by atoms with van der Waals surface area (Å²) in [5, 5.41) is 21.2. The number of ketones is 2. The minimum Gasteiger partial charge on any atom is -0.550 e. The van der Waals surface area contributed by atoms with Crippen molar-refractivity contribution in [1.82, 2.24) is 0 Å². The maximum absolute atomic E-state index is 12.3. The van der Waals surface area contributed by atoms with Crippen LogP contribution < -0.4 is 21.7 Å². The summed E-state index contributed by atoms with van der Waals surface area (Å²) < 4.78 is 0. The van der Waals surface area contributed by atoms with Gasteiger partial charge in [-0.1, -0.05) is 84.9 Å². The standard InChI is InChI=1S/2C15H13NO3.Ca.2H2O/c2*16-14-11(9-13(17)18)7-4-8-12(14)15(19)10-5-2-1-3-6-10;;;/h2*1-8H,9,16H2,(H,17,18);;2*1H2/q;;+2;;/p-2. The number of carboxylic acid groups (broad SMARTS) is 2. The molecule has 0 spiro atoms. The topological polar surface area (TPSA) is 229 Å².